The Morgan fingerprint density at radius 2 is 2.15 bits per heavy atom. The zero-order valence-electron chi connectivity index (χ0n) is 13.1. The highest BCUT2D eigenvalue weighted by Gasteiger charge is 2.28. The molecule has 112 valence electrons. The van der Waals surface area contributed by atoms with Crippen molar-refractivity contribution in [3.63, 3.8) is 0 Å². The molecule has 0 unspecified atom stereocenters. The number of rotatable bonds is 4. The number of piperidine rings is 1. The lowest BCUT2D eigenvalue weighted by molar-refractivity contribution is 0.106. The second kappa shape index (κ2) is 6.70. The second-order valence-electron chi connectivity index (χ2n) is 6.45. The van der Waals surface area contributed by atoms with E-state index in [0.29, 0.717) is 24.5 Å². The molecule has 3 heteroatoms. The second-order valence-corrected chi connectivity index (χ2v) is 6.45. The van der Waals surface area contributed by atoms with E-state index in [1.165, 1.54) is 5.56 Å². The Labute approximate surface area is 123 Å². The Balaban J connectivity index is 1.88. The Bertz CT molecular complexity index is 435. The van der Waals surface area contributed by atoms with E-state index in [0.717, 1.165) is 18.5 Å². The van der Waals surface area contributed by atoms with E-state index in [1.54, 1.807) is 0 Å². The minimum atomic E-state index is -0.419. The molecule has 4 atom stereocenters. The molecule has 0 saturated carbocycles. The molecule has 1 aromatic rings. The maximum absolute atomic E-state index is 10.3. The van der Waals surface area contributed by atoms with Gasteiger partial charge in [0.05, 0.1) is 6.10 Å². The van der Waals surface area contributed by atoms with E-state index in [-0.39, 0.29) is 0 Å². The van der Waals surface area contributed by atoms with Gasteiger partial charge in [0.25, 0.3) is 0 Å². The van der Waals surface area contributed by atoms with Crippen LogP contribution in [0.1, 0.15) is 37.5 Å². The third-order valence-corrected chi connectivity index (χ3v) is 4.61. The summed E-state index contributed by atoms with van der Waals surface area (Å²) in [6.45, 7) is 8.38. The molecule has 2 N–H and O–H groups in total. The highest BCUT2D eigenvalue weighted by molar-refractivity contribution is 5.24. The summed E-state index contributed by atoms with van der Waals surface area (Å²) in [5, 5.41) is 13.9. The van der Waals surface area contributed by atoms with Gasteiger partial charge in [-0.25, -0.2) is 0 Å². The minimum absolute atomic E-state index is 0.419. The van der Waals surface area contributed by atoms with Crippen LogP contribution in [0, 0.1) is 12.8 Å². The van der Waals surface area contributed by atoms with Crippen molar-refractivity contribution in [3.05, 3.63) is 35.4 Å². The Morgan fingerprint density at radius 1 is 1.40 bits per heavy atom. The number of aliphatic hydroxyl groups is 1. The highest BCUT2D eigenvalue weighted by Crippen LogP contribution is 2.21. The molecule has 2 rings (SSSR count). The van der Waals surface area contributed by atoms with E-state index in [4.69, 9.17) is 0 Å². The van der Waals surface area contributed by atoms with Crippen molar-refractivity contribution in [3.8, 4) is 0 Å². The van der Waals surface area contributed by atoms with Crippen molar-refractivity contribution >= 4 is 0 Å². The molecular weight excluding hydrogens is 248 g/mol. The van der Waals surface area contributed by atoms with Gasteiger partial charge < -0.3 is 15.3 Å². The molecule has 1 saturated heterocycles. The van der Waals surface area contributed by atoms with Gasteiger partial charge in [0.2, 0.25) is 0 Å². The molecule has 0 aliphatic carbocycles. The summed E-state index contributed by atoms with van der Waals surface area (Å²) in [5.74, 6) is 0.626. The standard InChI is InChI=1S/C17H28N2O/c1-12-6-5-7-15(8-12)17(20)10-18-16-9-14(3)19(4)11-13(16)2/h5-8,13-14,16-18,20H,9-11H2,1-4H3/t13-,14-,16-,17-/m1/s1. The minimum Gasteiger partial charge on any atom is -0.387 e. The van der Waals surface area contributed by atoms with Crippen LogP contribution in [0.4, 0.5) is 0 Å². The third kappa shape index (κ3) is 3.81. The zero-order valence-corrected chi connectivity index (χ0v) is 13.1. The van der Waals surface area contributed by atoms with Gasteiger partial charge in [0.1, 0.15) is 0 Å². The molecule has 1 heterocycles. The first-order valence-electron chi connectivity index (χ1n) is 7.65. The summed E-state index contributed by atoms with van der Waals surface area (Å²) in [5.41, 5.74) is 2.20. The monoisotopic (exact) mass is 276 g/mol. The topological polar surface area (TPSA) is 35.5 Å². The molecule has 0 radical (unpaired) electrons. The number of nitrogens with zero attached hydrogens (tertiary/aromatic N) is 1. The molecular formula is C17H28N2O. The Hall–Kier alpha value is -0.900. The predicted molar refractivity (Wildman–Crippen MR) is 83.8 cm³/mol. The number of benzene rings is 1. The average molecular weight is 276 g/mol. The molecule has 3 nitrogen and oxygen atoms in total. The number of hydrogen-bond acceptors (Lipinski definition) is 3. The number of nitrogens with one attached hydrogen (secondary N) is 1. The smallest absolute Gasteiger partial charge is 0.0914 e. The lowest BCUT2D eigenvalue weighted by atomic mass is 9.89. The summed E-state index contributed by atoms with van der Waals surface area (Å²) in [6, 6.07) is 9.24. The van der Waals surface area contributed by atoms with Crippen LogP contribution in [0.2, 0.25) is 0 Å². The number of likely N-dealkylation sites (tertiary alicyclic amines) is 1. The van der Waals surface area contributed by atoms with Crippen LogP contribution in [-0.4, -0.2) is 42.2 Å². The summed E-state index contributed by atoms with van der Waals surface area (Å²) in [7, 11) is 2.19. The predicted octanol–water partition coefficient (Wildman–Crippen LogP) is 2.35. The number of aryl methyl sites for hydroxylation is 1. The molecule has 0 aromatic heterocycles. The largest absolute Gasteiger partial charge is 0.387 e. The first-order valence-corrected chi connectivity index (χ1v) is 7.65. The molecule has 0 amide bonds. The maximum Gasteiger partial charge on any atom is 0.0914 e. The van der Waals surface area contributed by atoms with E-state index < -0.39 is 6.10 Å². The summed E-state index contributed by atoms with van der Waals surface area (Å²) in [6.07, 6.45) is 0.732. The Morgan fingerprint density at radius 3 is 2.85 bits per heavy atom. The number of hydrogen-bond donors (Lipinski definition) is 2. The van der Waals surface area contributed by atoms with Gasteiger partial charge >= 0.3 is 0 Å². The third-order valence-electron chi connectivity index (χ3n) is 4.61. The van der Waals surface area contributed by atoms with Gasteiger partial charge in [-0.05, 0) is 38.8 Å². The molecule has 0 spiro atoms. The zero-order chi connectivity index (χ0) is 14.7. The lowest BCUT2D eigenvalue weighted by Gasteiger charge is -2.40. The van der Waals surface area contributed by atoms with Crippen LogP contribution in [0.3, 0.4) is 0 Å². The van der Waals surface area contributed by atoms with E-state index in [2.05, 4.69) is 50.2 Å². The average Bonchev–Trinajstić information content (AvgIpc) is 2.41. The van der Waals surface area contributed by atoms with Crippen molar-refractivity contribution in [1.82, 2.24) is 10.2 Å². The number of aliphatic hydroxyl groups excluding tert-OH is 1. The molecule has 0 bridgehead atoms. The van der Waals surface area contributed by atoms with Crippen molar-refractivity contribution in [2.75, 3.05) is 20.1 Å². The lowest BCUT2D eigenvalue weighted by Crippen LogP contribution is -2.51. The van der Waals surface area contributed by atoms with Crippen molar-refractivity contribution in [2.24, 2.45) is 5.92 Å². The van der Waals surface area contributed by atoms with E-state index in [1.807, 2.05) is 12.1 Å². The fraction of sp³-hybridized carbons (Fsp3) is 0.647. The summed E-state index contributed by atoms with van der Waals surface area (Å²) < 4.78 is 0. The fourth-order valence-electron chi connectivity index (χ4n) is 3.08. The first-order chi connectivity index (χ1) is 9.47. The molecule has 1 aromatic carbocycles. The molecule has 1 aliphatic rings. The van der Waals surface area contributed by atoms with Gasteiger partial charge in [-0.3, -0.25) is 0 Å². The van der Waals surface area contributed by atoms with Crippen LogP contribution in [-0.2, 0) is 0 Å². The van der Waals surface area contributed by atoms with Crippen LogP contribution < -0.4 is 5.32 Å². The highest BCUT2D eigenvalue weighted by atomic mass is 16.3. The van der Waals surface area contributed by atoms with Gasteiger partial charge in [-0.15, -0.1) is 0 Å². The van der Waals surface area contributed by atoms with Gasteiger partial charge in [-0.2, -0.15) is 0 Å². The van der Waals surface area contributed by atoms with Gasteiger partial charge in [0.15, 0.2) is 0 Å². The van der Waals surface area contributed by atoms with Crippen LogP contribution in [0.25, 0.3) is 0 Å². The van der Waals surface area contributed by atoms with Gasteiger partial charge in [0, 0.05) is 25.2 Å². The van der Waals surface area contributed by atoms with Crippen LogP contribution >= 0.6 is 0 Å². The summed E-state index contributed by atoms with van der Waals surface area (Å²) in [4.78, 5) is 2.42. The molecule has 1 aliphatic heterocycles. The van der Waals surface area contributed by atoms with Crippen molar-refractivity contribution < 1.29 is 5.11 Å². The van der Waals surface area contributed by atoms with E-state index in [9.17, 15) is 5.11 Å². The van der Waals surface area contributed by atoms with Crippen LogP contribution in [0.5, 0.6) is 0 Å². The summed E-state index contributed by atoms with van der Waals surface area (Å²) >= 11 is 0. The molecule has 1 fully saturated rings. The molecule has 20 heavy (non-hydrogen) atoms. The van der Waals surface area contributed by atoms with Gasteiger partial charge in [-0.1, -0.05) is 36.8 Å². The quantitative estimate of drug-likeness (QED) is 0.886. The SMILES string of the molecule is Cc1cccc([C@H](O)CN[C@@H]2C[C@@H](C)N(C)C[C@H]2C)c1. The Kier molecular flexibility index (Phi) is 5.19. The maximum atomic E-state index is 10.3. The first kappa shape index (κ1) is 15.5. The van der Waals surface area contributed by atoms with Crippen molar-refractivity contribution in [1.29, 1.82) is 0 Å². The fourth-order valence-corrected chi connectivity index (χ4v) is 3.08. The normalized spacial score (nSPS) is 29.4. The van der Waals surface area contributed by atoms with Crippen LogP contribution in [0.15, 0.2) is 24.3 Å². The van der Waals surface area contributed by atoms with Crippen molar-refractivity contribution in [2.45, 2.75) is 45.4 Å². The van der Waals surface area contributed by atoms with E-state index >= 15 is 0 Å².